The van der Waals surface area contributed by atoms with Crippen LogP contribution >= 0.6 is 34.7 Å². The summed E-state index contributed by atoms with van der Waals surface area (Å²) in [5.41, 5.74) is -4.24. The molecule has 6 heteroatoms. The third kappa shape index (κ3) is 2.59. The first-order valence-corrected chi connectivity index (χ1v) is 5.95. The van der Waals surface area contributed by atoms with Gasteiger partial charge in [0, 0.05) is 20.4 Å². The Balaban J connectivity index is 2.39. The van der Waals surface area contributed by atoms with Crippen LogP contribution in [0.3, 0.4) is 0 Å². The highest BCUT2D eigenvalue weighted by atomic mass is 35.5. The average Bonchev–Trinajstić information content (AvgIpc) is 2.45. The molecule has 1 aromatic carbocycles. The van der Waals surface area contributed by atoms with Crippen LogP contribution in [-0.4, -0.2) is 5.51 Å². The van der Waals surface area contributed by atoms with E-state index in [1.165, 1.54) is 23.5 Å². The number of rotatable bonds is 1. The largest absolute Gasteiger partial charge is 0.446 e. The van der Waals surface area contributed by atoms with Gasteiger partial charge in [-0.3, -0.25) is 0 Å². The van der Waals surface area contributed by atoms with Gasteiger partial charge in [-0.05, 0) is 23.9 Å². The Labute approximate surface area is 97.0 Å². The lowest BCUT2D eigenvalue weighted by Gasteiger charge is -2.04. The number of halogens is 4. The summed E-state index contributed by atoms with van der Waals surface area (Å²) in [7, 11) is 0. The fourth-order valence-electron chi connectivity index (χ4n) is 1.17. The molecule has 1 aromatic heterocycles. The summed E-state index contributed by atoms with van der Waals surface area (Å²) in [6.45, 7) is 0. The topological polar surface area (TPSA) is 0 Å². The van der Waals surface area contributed by atoms with Crippen molar-refractivity contribution in [3.8, 4) is 0 Å². The van der Waals surface area contributed by atoms with Gasteiger partial charge in [-0.1, -0.05) is 17.7 Å². The molecule has 0 aliphatic carbocycles. The molecule has 0 saturated heterocycles. The van der Waals surface area contributed by atoms with E-state index in [1.807, 2.05) is 0 Å². The molecule has 0 nitrogen and oxygen atoms in total. The molecule has 0 aliphatic rings. The van der Waals surface area contributed by atoms with E-state index in [0.717, 1.165) is 10.1 Å². The zero-order chi connectivity index (χ0) is 11.1. The molecule has 0 amide bonds. The van der Waals surface area contributed by atoms with E-state index in [2.05, 4.69) is 0 Å². The maximum Gasteiger partial charge on any atom is 0.446 e. The van der Waals surface area contributed by atoms with Gasteiger partial charge in [0.15, 0.2) is 0 Å². The molecule has 0 radical (unpaired) electrons. The average molecular weight is 269 g/mol. The van der Waals surface area contributed by atoms with Gasteiger partial charge in [0.25, 0.3) is 0 Å². The van der Waals surface area contributed by atoms with Crippen LogP contribution in [-0.2, 0) is 0 Å². The van der Waals surface area contributed by atoms with Gasteiger partial charge in [0.1, 0.15) is 0 Å². The molecule has 0 aliphatic heterocycles. The Hall–Kier alpha value is -0.390. The predicted octanol–water partition coefficient (Wildman–Crippen LogP) is 5.17. The van der Waals surface area contributed by atoms with Crippen molar-refractivity contribution in [2.75, 3.05) is 0 Å². The van der Waals surface area contributed by atoms with Crippen molar-refractivity contribution in [1.82, 2.24) is 0 Å². The van der Waals surface area contributed by atoms with E-state index in [9.17, 15) is 13.2 Å². The lowest BCUT2D eigenvalue weighted by Crippen LogP contribution is -1.98. The van der Waals surface area contributed by atoms with Crippen molar-refractivity contribution in [3.05, 3.63) is 28.6 Å². The SMILES string of the molecule is FC(F)(F)Sc1ccc2c(Cl)csc2c1. The summed E-state index contributed by atoms with van der Waals surface area (Å²) in [4.78, 5) is 0.188. The molecule has 0 N–H and O–H groups in total. The molecular weight excluding hydrogens is 265 g/mol. The molecule has 15 heavy (non-hydrogen) atoms. The first-order valence-electron chi connectivity index (χ1n) is 3.88. The molecule has 0 saturated carbocycles. The molecule has 0 atom stereocenters. The molecular formula is C9H4ClF3S2. The van der Waals surface area contributed by atoms with Gasteiger partial charge in [-0.2, -0.15) is 13.2 Å². The number of hydrogen-bond acceptors (Lipinski definition) is 2. The minimum absolute atomic E-state index is 0.112. The fourth-order valence-corrected chi connectivity index (χ4v) is 3.04. The van der Waals surface area contributed by atoms with Crippen molar-refractivity contribution in [1.29, 1.82) is 0 Å². The van der Waals surface area contributed by atoms with Crippen LogP contribution in [0.15, 0.2) is 28.5 Å². The molecule has 0 spiro atoms. The van der Waals surface area contributed by atoms with Crippen molar-refractivity contribution in [2.24, 2.45) is 0 Å². The number of alkyl halides is 3. The Morgan fingerprint density at radius 1 is 1.27 bits per heavy atom. The standard InChI is InChI=1S/C9H4ClF3S2/c10-7-4-14-8-3-5(1-2-6(7)8)15-9(11,12)13/h1-4H. The van der Waals surface area contributed by atoms with Gasteiger partial charge in [0.2, 0.25) is 0 Å². The smallest absolute Gasteiger partial charge is 0.160 e. The maximum atomic E-state index is 12.1. The first kappa shape index (κ1) is 11.1. The zero-order valence-corrected chi connectivity index (χ0v) is 9.53. The quantitative estimate of drug-likeness (QED) is 0.643. The Kier molecular flexibility index (Phi) is 2.87. The predicted molar refractivity (Wildman–Crippen MR) is 58.7 cm³/mol. The second kappa shape index (κ2) is 3.88. The third-order valence-corrected chi connectivity index (χ3v) is 3.84. The van der Waals surface area contributed by atoms with Crippen molar-refractivity contribution in [2.45, 2.75) is 10.4 Å². The number of hydrogen-bond donors (Lipinski definition) is 0. The molecule has 0 bridgehead atoms. The Bertz CT molecular complexity index is 490. The highest BCUT2D eigenvalue weighted by Crippen LogP contribution is 2.39. The second-order valence-corrected chi connectivity index (χ2v) is 5.25. The van der Waals surface area contributed by atoms with E-state index < -0.39 is 5.51 Å². The molecule has 80 valence electrons. The molecule has 2 rings (SSSR count). The van der Waals surface area contributed by atoms with Crippen LogP contribution in [0.25, 0.3) is 10.1 Å². The normalized spacial score (nSPS) is 12.3. The van der Waals surface area contributed by atoms with Crippen LogP contribution in [0.5, 0.6) is 0 Å². The Morgan fingerprint density at radius 2 is 2.00 bits per heavy atom. The molecule has 2 aromatic rings. The van der Waals surface area contributed by atoms with Crippen molar-refractivity contribution >= 4 is 44.8 Å². The van der Waals surface area contributed by atoms with Crippen LogP contribution in [0.1, 0.15) is 0 Å². The van der Waals surface area contributed by atoms with Crippen LogP contribution in [0.4, 0.5) is 13.2 Å². The Morgan fingerprint density at radius 3 is 2.67 bits per heavy atom. The van der Waals surface area contributed by atoms with Crippen molar-refractivity contribution < 1.29 is 13.2 Å². The molecule has 0 fully saturated rings. The molecule has 0 unspecified atom stereocenters. The van der Waals surface area contributed by atoms with Gasteiger partial charge >= 0.3 is 5.51 Å². The van der Waals surface area contributed by atoms with Gasteiger partial charge in [-0.25, -0.2) is 0 Å². The monoisotopic (exact) mass is 268 g/mol. The number of thioether (sulfide) groups is 1. The molecule has 1 heterocycles. The lowest BCUT2D eigenvalue weighted by atomic mass is 10.3. The summed E-state index contributed by atoms with van der Waals surface area (Å²) in [5.74, 6) is 0. The lowest BCUT2D eigenvalue weighted by molar-refractivity contribution is -0.0328. The van der Waals surface area contributed by atoms with E-state index in [-0.39, 0.29) is 16.7 Å². The maximum absolute atomic E-state index is 12.1. The minimum atomic E-state index is -4.24. The fraction of sp³-hybridized carbons (Fsp3) is 0.111. The summed E-state index contributed by atoms with van der Waals surface area (Å²) in [6, 6.07) is 4.55. The van der Waals surface area contributed by atoms with Gasteiger partial charge in [0.05, 0.1) is 5.02 Å². The number of fused-ring (bicyclic) bond motifs is 1. The summed E-state index contributed by atoms with van der Waals surface area (Å²) >= 11 is 7.07. The van der Waals surface area contributed by atoms with Crippen molar-refractivity contribution in [3.63, 3.8) is 0 Å². The van der Waals surface area contributed by atoms with Gasteiger partial charge in [-0.15, -0.1) is 11.3 Å². The third-order valence-electron chi connectivity index (χ3n) is 1.73. The second-order valence-electron chi connectivity index (χ2n) is 2.79. The van der Waals surface area contributed by atoms with Gasteiger partial charge < -0.3 is 0 Å². The number of benzene rings is 1. The summed E-state index contributed by atoms with van der Waals surface area (Å²) < 4.78 is 37.0. The zero-order valence-electron chi connectivity index (χ0n) is 7.14. The van der Waals surface area contributed by atoms with Crippen LogP contribution in [0.2, 0.25) is 5.02 Å². The van der Waals surface area contributed by atoms with E-state index >= 15 is 0 Å². The highest BCUT2D eigenvalue weighted by Gasteiger charge is 2.29. The minimum Gasteiger partial charge on any atom is -0.160 e. The van der Waals surface area contributed by atoms with Crippen LogP contribution in [0, 0.1) is 0 Å². The highest BCUT2D eigenvalue weighted by molar-refractivity contribution is 8.00. The summed E-state index contributed by atoms with van der Waals surface area (Å²) in [6.07, 6.45) is 0. The van der Waals surface area contributed by atoms with E-state index in [4.69, 9.17) is 11.6 Å². The van der Waals surface area contributed by atoms with Crippen LogP contribution < -0.4 is 0 Å². The van der Waals surface area contributed by atoms with E-state index in [1.54, 1.807) is 11.4 Å². The number of thiophene rings is 1. The first-order chi connectivity index (χ1) is 6.96. The summed E-state index contributed by atoms with van der Waals surface area (Å²) in [5, 5.41) is 3.10. The van der Waals surface area contributed by atoms with E-state index in [0.29, 0.717) is 5.02 Å².